The van der Waals surface area contributed by atoms with Crippen molar-refractivity contribution in [2.24, 2.45) is 7.05 Å². The minimum absolute atomic E-state index is 0.0829. The number of hydrogen-bond acceptors (Lipinski definition) is 4. The maximum absolute atomic E-state index is 12.2. The normalized spacial score (nSPS) is 10.6. The van der Waals surface area contributed by atoms with E-state index in [-0.39, 0.29) is 18.0 Å². The van der Waals surface area contributed by atoms with Crippen molar-refractivity contribution in [3.05, 3.63) is 51.6 Å². The second-order valence-corrected chi connectivity index (χ2v) is 4.53. The van der Waals surface area contributed by atoms with Gasteiger partial charge in [0, 0.05) is 36.6 Å². The summed E-state index contributed by atoms with van der Waals surface area (Å²) in [5.41, 5.74) is 0.245. The van der Waals surface area contributed by atoms with Crippen LogP contribution in [-0.4, -0.2) is 20.5 Å². The highest BCUT2D eigenvalue weighted by atomic mass is 16.6. The standard InChI is InChI=1S/C13H15N4O3/c1-9-14-15(3)10(2)16(9)8-13(18)11-5-4-6-12(7-11)17(19)20/h4-7H,8H2,1-3H3/q+1. The number of Topliss-reactive ketones (excluding diaryl/α,β-unsaturated/α-hetero) is 1. The lowest BCUT2D eigenvalue weighted by Crippen LogP contribution is -2.42. The summed E-state index contributed by atoms with van der Waals surface area (Å²) in [7, 11) is 1.80. The zero-order valence-electron chi connectivity index (χ0n) is 11.5. The van der Waals surface area contributed by atoms with Gasteiger partial charge in [0.1, 0.15) is 6.54 Å². The number of carbonyl (C=O) groups is 1. The van der Waals surface area contributed by atoms with Crippen molar-refractivity contribution < 1.29 is 14.3 Å². The molecule has 1 heterocycles. The van der Waals surface area contributed by atoms with E-state index in [0.29, 0.717) is 5.56 Å². The summed E-state index contributed by atoms with van der Waals surface area (Å²) in [4.78, 5) is 22.4. The number of hydrogen-bond donors (Lipinski definition) is 0. The second kappa shape index (κ2) is 5.20. The number of aromatic nitrogens is 3. The molecule has 0 aliphatic heterocycles. The van der Waals surface area contributed by atoms with Gasteiger partial charge in [-0.05, 0) is 0 Å². The van der Waals surface area contributed by atoms with Gasteiger partial charge < -0.3 is 0 Å². The zero-order valence-corrected chi connectivity index (χ0v) is 11.5. The fourth-order valence-electron chi connectivity index (χ4n) is 2.01. The number of nitro benzene ring substituents is 1. The molecule has 2 aromatic rings. The summed E-state index contributed by atoms with van der Waals surface area (Å²) in [6.07, 6.45) is 0. The average molecular weight is 275 g/mol. The Balaban J connectivity index is 2.28. The van der Waals surface area contributed by atoms with E-state index in [1.54, 1.807) is 22.4 Å². The Labute approximate surface area is 115 Å². The molecule has 1 aromatic heterocycles. The Hall–Kier alpha value is -2.57. The molecule has 0 amide bonds. The highest BCUT2D eigenvalue weighted by molar-refractivity contribution is 5.95. The van der Waals surface area contributed by atoms with Gasteiger partial charge in [-0.3, -0.25) is 14.9 Å². The molecule has 0 saturated heterocycles. The van der Waals surface area contributed by atoms with Gasteiger partial charge in [-0.1, -0.05) is 12.1 Å². The largest absolute Gasteiger partial charge is 0.291 e. The van der Waals surface area contributed by atoms with E-state index < -0.39 is 4.92 Å². The first-order valence-corrected chi connectivity index (χ1v) is 6.08. The van der Waals surface area contributed by atoms with Crippen LogP contribution in [0.4, 0.5) is 5.69 Å². The monoisotopic (exact) mass is 275 g/mol. The number of nitro groups is 1. The fourth-order valence-corrected chi connectivity index (χ4v) is 2.01. The van der Waals surface area contributed by atoms with Crippen molar-refractivity contribution in [1.82, 2.24) is 9.78 Å². The Bertz CT molecular complexity index is 691. The van der Waals surface area contributed by atoms with Gasteiger partial charge in [0.2, 0.25) is 5.82 Å². The molecule has 0 aliphatic carbocycles. The smallest absolute Gasteiger partial charge is 0.274 e. The van der Waals surface area contributed by atoms with Crippen molar-refractivity contribution in [3.63, 3.8) is 0 Å². The van der Waals surface area contributed by atoms with Gasteiger partial charge in [-0.25, -0.2) is 4.57 Å². The van der Waals surface area contributed by atoms with E-state index in [1.807, 2.05) is 13.8 Å². The first-order chi connectivity index (χ1) is 9.40. The molecule has 0 bridgehead atoms. The van der Waals surface area contributed by atoms with Crippen LogP contribution in [0, 0.1) is 24.0 Å². The Morgan fingerprint density at radius 2 is 2.15 bits per heavy atom. The SMILES string of the molecule is Cc1nn(C)c(C)[n+]1CC(=O)c1cccc([N+](=O)[O-])c1. The first kappa shape index (κ1) is 13.9. The lowest BCUT2D eigenvalue weighted by atomic mass is 10.1. The van der Waals surface area contributed by atoms with Gasteiger partial charge in [-0.15, -0.1) is 4.68 Å². The molecule has 7 heteroatoms. The van der Waals surface area contributed by atoms with Crippen LogP contribution in [0.1, 0.15) is 22.0 Å². The fraction of sp³-hybridized carbons (Fsp3) is 0.308. The topological polar surface area (TPSA) is 81.9 Å². The van der Waals surface area contributed by atoms with Crippen molar-refractivity contribution in [3.8, 4) is 0 Å². The summed E-state index contributed by atoms with van der Waals surface area (Å²) >= 11 is 0. The van der Waals surface area contributed by atoms with Crippen LogP contribution >= 0.6 is 0 Å². The number of ketones is 1. The second-order valence-electron chi connectivity index (χ2n) is 4.53. The minimum atomic E-state index is -0.509. The molecule has 0 aliphatic rings. The van der Waals surface area contributed by atoms with Gasteiger partial charge in [0.15, 0.2) is 5.78 Å². The van der Waals surface area contributed by atoms with Crippen molar-refractivity contribution in [2.45, 2.75) is 20.4 Å². The van der Waals surface area contributed by atoms with Crippen LogP contribution in [0.5, 0.6) is 0 Å². The minimum Gasteiger partial charge on any atom is -0.291 e. The van der Waals surface area contributed by atoms with E-state index in [9.17, 15) is 14.9 Å². The van der Waals surface area contributed by atoms with E-state index >= 15 is 0 Å². The zero-order chi connectivity index (χ0) is 14.9. The third kappa shape index (κ3) is 2.56. The highest BCUT2D eigenvalue weighted by Gasteiger charge is 2.20. The summed E-state index contributed by atoms with van der Waals surface area (Å²) in [5.74, 6) is 1.39. The molecule has 0 N–H and O–H groups in total. The van der Waals surface area contributed by atoms with E-state index in [0.717, 1.165) is 11.6 Å². The van der Waals surface area contributed by atoms with Crippen LogP contribution in [0.25, 0.3) is 0 Å². The Morgan fingerprint density at radius 1 is 1.45 bits per heavy atom. The summed E-state index contributed by atoms with van der Waals surface area (Å²) in [6, 6.07) is 5.75. The van der Waals surface area contributed by atoms with Crippen LogP contribution in [0.15, 0.2) is 24.3 Å². The number of aryl methyl sites for hydroxylation is 2. The number of nitrogens with zero attached hydrogens (tertiary/aromatic N) is 4. The molecule has 0 radical (unpaired) electrons. The average Bonchev–Trinajstić information content (AvgIpc) is 2.65. The van der Waals surface area contributed by atoms with E-state index in [4.69, 9.17) is 0 Å². The summed E-state index contributed by atoms with van der Waals surface area (Å²) < 4.78 is 3.47. The van der Waals surface area contributed by atoms with Gasteiger partial charge in [-0.2, -0.15) is 0 Å². The maximum atomic E-state index is 12.2. The van der Waals surface area contributed by atoms with Gasteiger partial charge in [0.25, 0.3) is 11.5 Å². The van der Waals surface area contributed by atoms with Crippen LogP contribution < -0.4 is 4.57 Å². The summed E-state index contributed by atoms with van der Waals surface area (Å²) in [5, 5.41) is 14.9. The predicted octanol–water partition coefficient (Wildman–Crippen LogP) is 1.12. The van der Waals surface area contributed by atoms with Crippen LogP contribution in [0.3, 0.4) is 0 Å². The van der Waals surface area contributed by atoms with Gasteiger partial charge >= 0.3 is 0 Å². The molecular formula is C13H15N4O3+. The molecule has 0 fully saturated rings. The van der Waals surface area contributed by atoms with Crippen LogP contribution in [0.2, 0.25) is 0 Å². The molecule has 2 rings (SSSR count). The van der Waals surface area contributed by atoms with Crippen LogP contribution in [-0.2, 0) is 13.6 Å². The highest BCUT2D eigenvalue weighted by Crippen LogP contribution is 2.13. The third-order valence-electron chi connectivity index (χ3n) is 3.22. The molecule has 7 nitrogen and oxygen atoms in total. The van der Waals surface area contributed by atoms with Crippen molar-refractivity contribution in [2.75, 3.05) is 0 Å². The molecule has 1 aromatic carbocycles. The number of non-ortho nitro benzene ring substituents is 1. The third-order valence-corrected chi connectivity index (χ3v) is 3.22. The van der Waals surface area contributed by atoms with Gasteiger partial charge in [0.05, 0.1) is 12.0 Å². The quantitative estimate of drug-likeness (QED) is 0.362. The molecule has 0 spiro atoms. The molecule has 0 atom stereocenters. The lowest BCUT2D eigenvalue weighted by Gasteiger charge is -2.01. The first-order valence-electron chi connectivity index (χ1n) is 6.08. The molecule has 20 heavy (non-hydrogen) atoms. The molecule has 0 unspecified atom stereocenters. The predicted molar refractivity (Wildman–Crippen MR) is 70.3 cm³/mol. The molecule has 0 saturated carbocycles. The number of benzene rings is 1. The van der Waals surface area contributed by atoms with E-state index in [1.165, 1.54) is 18.2 Å². The summed E-state index contributed by atoms with van der Waals surface area (Å²) in [6.45, 7) is 3.79. The lowest BCUT2D eigenvalue weighted by molar-refractivity contribution is -0.695. The van der Waals surface area contributed by atoms with E-state index in [2.05, 4.69) is 5.10 Å². The van der Waals surface area contributed by atoms with Crippen molar-refractivity contribution >= 4 is 11.5 Å². The maximum Gasteiger partial charge on any atom is 0.274 e. The molecular weight excluding hydrogens is 260 g/mol. The number of rotatable bonds is 4. The van der Waals surface area contributed by atoms with Crippen molar-refractivity contribution in [1.29, 1.82) is 0 Å². The Kier molecular flexibility index (Phi) is 3.60. The Morgan fingerprint density at radius 3 is 2.70 bits per heavy atom. The molecule has 104 valence electrons. The number of carbonyl (C=O) groups excluding carboxylic acids is 1.